The zero-order valence-electron chi connectivity index (χ0n) is 12.8. The number of allylic oxidation sites excluding steroid dienone is 2. The number of halogens is 1. The molecule has 4 rings (SSSR count). The van der Waals surface area contributed by atoms with Crippen molar-refractivity contribution >= 4 is 29.1 Å². The highest BCUT2D eigenvalue weighted by Gasteiger charge is 2.33. The van der Waals surface area contributed by atoms with Crippen LogP contribution in [0.4, 0.5) is 0 Å². The van der Waals surface area contributed by atoms with E-state index in [4.69, 9.17) is 11.6 Å². The maximum absolute atomic E-state index is 12.1. The van der Waals surface area contributed by atoms with Crippen molar-refractivity contribution in [1.29, 1.82) is 0 Å². The molecule has 1 aromatic rings. The molecule has 1 atom stereocenters. The van der Waals surface area contributed by atoms with Gasteiger partial charge in [0.05, 0.1) is 5.75 Å². The monoisotopic (exact) mass is 322 g/mol. The molecule has 114 valence electrons. The van der Waals surface area contributed by atoms with Gasteiger partial charge in [0.15, 0.2) is 0 Å². The van der Waals surface area contributed by atoms with Gasteiger partial charge in [0.2, 0.25) is 0 Å². The smallest absolute Gasteiger partial charge is 0.149 e. The van der Waals surface area contributed by atoms with E-state index in [9.17, 15) is 4.79 Å². The minimum absolute atomic E-state index is 0.209. The standard InChI is InChI=1S/C16H17ClOS.C2H6/c17-15-3-1-11(2-4-15)9-19-10-16(18)14-7-12-5-13(6-12)8-14;1-2/h1-4,7,13-14H,5-6,8-10H2;1-2H3. The summed E-state index contributed by atoms with van der Waals surface area (Å²) in [5.74, 6) is 2.93. The number of benzene rings is 1. The first-order valence-electron chi connectivity index (χ1n) is 7.75. The molecule has 0 aliphatic heterocycles. The van der Waals surface area contributed by atoms with Crippen molar-refractivity contribution < 1.29 is 4.79 Å². The highest BCUT2D eigenvalue weighted by molar-refractivity contribution is 7.99. The second-order valence-electron chi connectivity index (χ2n) is 5.53. The van der Waals surface area contributed by atoms with Crippen LogP contribution < -0.4 is 0 Å². The zero-order chi connectivity index (χ0) is 15.2. The van der Waals surface area contributed by atoms with Crippen LogP contribution in [-0.2, 0) is 10.5 Å². The van der Waals surface area contributed by atoms with Gasteiger partial charge in [0.1, 0.15) is 5.78 Å². The van der Waals surface area contributed by atoms with Crippen LogP contribution in [0.15, 0.2) is 35.9 Å². The maximum Gasteiger partial charge on any atom is 0.149 e. The second kappa shape index (κ2) is 8.05. The molecule has 21 heavy (non-hydrogen) atoms. The van der Waals surface area contributed by atoms with E-state index in [1.807, 2.05) is 38.1 Å². The third-order valence-electron chi connectivity index (χ3n) is 3.97. The molecular weight excluding hydrogens is 300 g/mol. The lowest BCUT2D eigenvalue weighted by Crippen LogP contribution is -2.29. The van der Waals surface area contributed by atoms with Crippen LogP contribution in [0.25, 0.3) is 0 Å². The normalized spacial score (nSPS) is 22.5. The van der Waals surface area contributed by atoms with Gasteiger partial charge >= 0.3 is 0 Å². The van der Waals surface area contributed by atoms with Crippen molar-refractivity contribution in [3.63, 3.8) is 0 Å². The van der Waals surface area contributed by atoms with Gasteiger partial charge in [-0.3, -0.25) is 4.79 Å². The fraction of sp³-hybridized carbons (Fsp3) is 0.500. The molecule has 3 aliphatic carbocycles. The Bertz CT molecular complexity index is 498. The summed E-state index contributed by atoms with van der Waals surface area (Å²) in [6.07, 6.45) is 5.82. The summed E-state index contributed by atoms with van der Waals surface area (Å²) in [5.41, 5.74) is 2.74. The number of fused-ring (bicyclic) bond motifs is 2. The molecule has 1 nitrogen and oxygen atoms in total. The molecular formula is C18H23ClOS. The number of rotatable bonds is 5. The van der Waals surface area contributed by atoms with Gasteiger partial charge in [-0.05, 0) is 42.9 Å². The van der Waals surface area contributed by atoms with Crippen LogP contribution in [0.1, 0.15) is 38.7 Å². The largest absolute Gasteiger partial charge is 0.298 e. The molecule has 0 saturated heterocycles. The molecule has 3 heteroatoms. The van der Waals surface area contributed by atoms with Crippen LogP contribution in [-0.4, -0.2) is 11.5 Å². The SMILES string of the molecule is CC.O=C(CSCc1ccc(Cl)cc1)C1C=C2CC(C2)C1. The first-order chi connectivity index (χ1) is 10.2. The van der Waals surface area contributed by atoms with Gasteiger partial charge in [-0.1, -0.05) is 49.2 Å². The topological polar surface area (TPSA) is 17.1 Å². The van der Waals surface area contributed by atoms with E-state index in [0.29, 0.717) is 11.5 Å². The number of hydrogen-bond donors (Lipinski definition) is 0. The average molecular weight is 323 g/mol. The second-order valence-corrected chi connectivity index (χ2v) is 6.95. The van der Waals surface area contributed by atoms with Crippen molar-refractivity contribution in [1.82, 2.24) is 0 Å². The molecule has 0 spiro atoms. The summed E-state index contributed by atoms with van der Waals surface area (Å²) in [6, 6.07) is 7.85. The summed E-state index contributed by atoms with van der Waals surface area (Å²) in [6.45, 7) is 4.00. The Morgan fingerprint density at radius 3 is 2.48 bits per heavy atom. The van der Waals surface area contributed by atoms with Crippen LogP contribution in [0, 0.1) is 11.8 Å². The fourth-order valence-electron chi connectivity index (χ4n) is 2.88. The van der Waals surface area contributed by atoms with E-state index in [0.717, 1.165) is 23.1 Å². The van der Waals surface area contributed by atoms with Crippen LogP contribution in [0.2, 0.25) is 5.02 Å². The maximum atomic E-state index is 12.1. The minimum Gasteiger partial charge on any atom is -0.298 e. The summed E-state index contributed by atoms with van der Waals surface area (Å²) in [4.78, 5) is 12.1. The Kier molecular flexibility index (Phi) is 6.38. The first kappa shape index (κ1) is 16.6. The molecule has 1 fully saturated rings. The Morgan fingerprint density at radius 2 is 1.90 bits per heavy atom. The lowest BCUT2D eigenvalue weighted by atomic mass is 9.68. The fourth-order valence-corrected chi connectivity index (χ4v) is 3.95. The lowest BCUT2D eigenvalue weighted by molar-refractivity contribution is -0.119. The molecule has 1 aromatic carbocycles. The summed E-state index contributed by atoms with van der Waals surface area (Å²) in [5, 5.41) is 0.762. The predicted molar refractivity (Wildman–Crippen MR) is 92.9 cm³/mol. The molecule has 3 aliphatic rings. The van der Waals surface area contributed by atoms with Crippen molar-refractivity contribution in [2.45, 2.75) is 38.9 Å². The van der Waals surface area contributed by atoms with Crippen molar-refractivity contribution in [3.8, 4) is 0 Å². The van der Waals surface area contributed by atoms with Crippen LogP contribution in [0.5, 0.6) is 0 Å². The van der Waals surface area contributed by atoms with Gasteiger partial charge in [0, 0.05) is 16.7 Å². The third-order valence-corrected chi connectivity index (χ3v) is 5.24. The van der Waals surface area contributed by atoms with E-state index in [1.54, 1.807) is 11.8 Å². The zero-order valence-corrected chi connectivity index (χ0v) is 14.3. The Morgan fingerprint density at radius 1 is 1.24 bits per heavy atom. The lowest BCUT2D eigenvalue weighted by Gasteiger charge is -2.37. The van der Waals surface area contributed by atoms with Gasteiger partial charge in [-0.15, -0.1) is 11.8 Å². The number of ketones is 1. The van der Waals surface area contributed by atoms with E-state index < -0.39 is 0 Å². The third kappa shape index (κ3) is 4.62. The van der Waals surface area contributed by atoms with Crippen molar-refractivity contribution in [3.05, 3.63) is 46.5 Å². The first-order valence-corrected chi connectivity index (χ1v) is 9.28. The molecule has 0 amide bonds. The van der Waals surface area contributed by atoms with Gasteiger partial charge < -0.3 is 0 Å². The highest BCUT2D eigenvalue weighted by Crippen LogP contribution is 2.43. The van der Waals surface area contributed by atoms with Crippen molar-refractivity contribution in [2.24, 2.45) is 11.8 Å². The Balaban J connectivity index is 0.000000774. The summed E-state index contributed by atoms with van der Waals surface area (Å²) >= 11 is 7.56. The number of carbonyl (C=O) groups excluding carboxylic acids is 1. The minimum atomic E-state index is 0.209. The summed E-state index contributed by atoms with van der Waals surface area (Å²) < 4.78 is 0. The van der Waals surface area contributed by atoms with E-state index in [1.165, 1.54) is 24.0 Å². The molecule has 0 N–H and O–H groups in total. The number of carbonyl (C=O) groups is 1. The highest BCUT2D eigenvalue weighted by atomic mass is 35.5. The molecule has 1 unspecified atom stereocenters. The average Bonchev–Trinajstić information content (AvgIpc) is 2.50. The number of Topliss-reactive ketones (excluding diaryl/α,β-unsaturated/α-hetero) is 1. The van der Waals surface area contributed by atoms with Gasteiger partial charge in [-0.25, -0.2) is 0 Å². The molecule has 0 radical (unpaired) electrons. The summed E-state index contributed by atoms with van der Waals surface area (Å²) in [7, 11) is 0. The van der Waals surface area contributed by atoms with Crippen molar-refractivity contribution in [2.75, 3.05) is 5.75 Å². The molecule has 1 saturated carbocycles. The number of hydrogen-bond acceptors (Lipinski definition) is 2. The van der Waals surface area contributed by atoms with E-state index in [-0.39, 0.29) is 5.92 Å². The molecule has 0 aromatic heterocycles. The number of thioether (sulfide) groups is 1. The van der Waals surface area contributed by atoms with Crippen LogP contribution in [0.3, 0.4) is 0 Å². The van der Waals surface area contributed by atoms with E-state index >= 15 is 0 Å². The predicted octanol–water partition coefficient (Wildman–Crippen LogP) is 5.52. The molecule has 2 bridgehead atoms. The van der Waals surface area contributed by atoms with Gasteiger partial charge in [-0.2, -0.15) is 0 Å². The Hall–Kier alpha value is -0.730. The van der Waals surface area contributed by atoms with Crippen LogP contribution >= 0.6 is 23.4 Å². The van der Waals surface area contributed by atoms with E-state index in [2.05, 4.69) is 6.08 Å². The Labute approximate surface area is 137 Å². The molecule has 0 heterocycles. The van der Waals surface area contributed by atoms with Gasteiger partial charge in [0.25, 0.3) is 0 Å². The quantitative estimate of drug-likeness (QED) is 0.663.